The molecule has 9 nitrogen and oxygen atoms in total. The van der Waals surface area contributed by atoms with Crippen LogP contribution in [-0.2, 0) is 14.4 Å². The number of nitrogens with one attached hydrogen (secondary N) is 1. The van der Waals surface area contributed by atoms with Gasteiger partial charge in [0.15, 0.2) is 5.60 Å². The van der Waals surface area contributed by atoms with Gasteiger partial charge in [-0.25, -0.2) is 4.79 Å². The second-order valence-electron chi connectivity index (χ2n) is 5.21. The highest BCUT2D eigenvalue weighted by atomic mass is 16.4. The number of carbonyl (C=O) groups excluding carboxylic acids is 2. The largest absolute Gasteiger partial charge is 0.479 e. The van der Waals surface area contributed by atoms with E-state index in [2.05, 4.69) is 10.4 Å². The predicted molar refractivity (Wildman–Crippen MR) is 75.8 cm³/mol. The Bertz CT molecular complexity index is 541. The molecular formula is C13H20N4O5. The van der Waals surface area contributed by atoms with Crippen LogP contribution in [0.3, 0.4) is 0 Å². The Kier molecular flexibility index (Phi) is 5.63. The van der Waals surface area contributed by atoms with E-state index in [0.717, 1.165) is 6.92 Å². The summed E-state index contributed by atoms with van der Waals surface area (Å²) in [6.45, 7) is 2.03. The molecule has 0 fully saturated rings. The van der Waals surface area contributed by atoms with Crippen LogP contribution in [0, 0.1) is 0 Å². The van der Waals surface area contributed by atoms with E-state index in [9.17, 15) is 19.5 Å². The fraction of sp³-hybridized carbons (Fsp3) is 0.538. The Labute approximate surface area is 127 Å². The summed E-state index contributed by atoms with van der Waals surface area (Å²) in [4.78, 5) is 35.7. The van der Waals surface area contributed by atoms with Crippen LogP contribution in [0.2, 0.25) is 0 Å². The number of aliphatic hydroxyl groups is 1. The number of carbonyl (C=O) groups is 3. The number of hydrogen-bond donors (Lipinski definition) is 3. The van der Waals surface area contributed by atoms with Gasteiger partial charge in [-0.2, -0.15) is 5.10 Å². The first-order valence-electron chi connectivity index (χ1n) is 6.61. The summed E-state index contributed by atoms with van der Waals surface area (Å²) in [5.74, 6) is -2.32. The van der Waals surface area contributed by atoms with Crippen LogP contribution in [0.4, 0.5) is 0 Å². The van der Waals surface area contributed by atoms with Crippen LogP contribution in [0.25, 0.3) is 0 Å². The Morgan fingerprint density at radius 2 is 2.09 bits per heavy atom. The Hall–Kier alpha value is -2.42. The van der Waals surface area contributed by atoms with Gasteiger partial charge in [0.2, 0.25) is 11.8 Å². The first-order chi connectivity index (χ1) is 10.1. The van der Waals surface area contributed by atoms with E-state index in [0.29, 0.717) is 0 Å². The number of nitrogens with zero attached hydrogens (tertiary/aromatic N) is 3. The zero-order chi connectivity index (χ0) is 16.9. The Morgan fingerprint density at radius 3 is 2.59 bits per heavy atom. The number of rotatable bonds is 7. The quantitative estimate of drug-likeness (QED) is 0.584. The molecule has 1 rings (SSSR count). The van der Waals surface area contributed by atoms with Crippen molar-refractivity contribution in [2.75, 3.05) is 20.1 Å². The molecule has 2 unspecified atom stereocenters. The molecule has 3 N–H and O–H groups in total. The van der Waals surface area contributed by atoms with Crippen LogP contribution < -0.4 is 5.32 Å². The van der Waals surface area contributed by atoms with Crippen molar-refractivity contribution in [1.82, 2.24) is 20.0 Å². The van der Waals surface area contributed by atoms with Gasteiger partial charge in [0, 0.05) is 19.4 Å². The standard InChI is InChI=1S/C13H20N4O5/c1-9(17-6-4-5-15-17)11(19)16(3)7-10(18)14-8-13(2,22)12(20)21/h4-6,9,22H,7-8H2,1-3H3,(H,14,18)(H,20,21). The lowest BCUT2D eigenvalue weighted by Gasteiger charge is -2.22. The monoisotopic (exact) mass is 312 g/mol. The summed E-state index contributed by atoms with van der Waals surface area (Å²) in [7, 11) is 1.46. The maximum Gasteiger partial charge on any atom is 0.337 e. The molecule has 0 aliphatic carbocycles. The van der Waals surface area contributed by atoms with Crippen molar-refractivity contribution in [2.45, 2.75) is 25.5 Å². The smallest absolute Gasteiger partial charge is 0.337 e. The van der Waals surface area contributed by atoms with Gasteiger partial charge in [0.1, 0.15) is 6.04 Å². The molecule has 1 aromatic heterocycles. The molecule has 9 heteroatoms. The minimum atomic E-state index is -2.05. The molecule has 0 spiro atoms. The summed E-state index contributed by atoms with van der Waals surface area (Å²) in [5.41, 5.74) is -2.05. The molecule has 0 bridgehead atoms. The van der Waals surface area contributed by atoms with Crippen LogP contribution >= 0.6 is 0 Å². The second kappa shape index (κ2) is 7.03. The average molecular weight is 312 g/mol. The van der Waals surface area contributed by atoms with Gasteiger partial charge in [0.05, 0.1) is 13.1 Å². The third-order valence-electron chi connectivity index (χ3n) is 3.13. The summed E-state index contributed by atoms with van der Waals surface area (Å²) >= 11 is 0. The zero-order valence-electron chi connectivity index (χ0n) is 12.7. The number of amides is 2. The third kappa shape index (κ3) is 4.55. The van der Waals surface area contributed by atoms with Crippen LogP contribution in [0.15, 0.2) is 18.5 Å². The topological polar surface area (TPSA) is 125 Å². The molecule has 1 aromatic rings. The lowest BCUT2D eigenvalue weighted by atomic mass is 10.1. The van der Waals surface area contributed by atoms with Gasteiger partial charge in [-0.15, -0.1) is 0 Å². The molecule has 0 aliphatic rings. The molecule has 0 saturated carbocycles. The Balaban J connectivity index is 2.50. The number of carboxylic acid groups (broad SMARTS) is 1. The molecule has 122 valence electrons. The van der Waals surface area contributed by atoms with Gasteiger partial charge in [-0.1, -0.05) is 0 Å². The Morgan fingerprint density at radius 1 is 1.45 bits per heavy atom. The first-order valence-corrected chi connectivity index (χ1v) is 6.61. The summed E-state index contributed by atoms with van der Waals surface area (Å²) in [5, 5.41) is 24.5. The average Bonchev–Trinajstić information content (AvgIpc) is 2.97. The molecule has 0 aliphatic heterocycles. The summed E-state index contributed by atoms with van der Waals surface area (Å²) in [6.07, 6.45) is 3.19. The van der Waals surface area contributed by atoms with E-state index in [-0.39, 0.29) is 12.5 Å². The molecule has 1 heterocycles. The summed E-state index contributed by atoms with van der Waals surface area (Å²) < 4.78 is 1.46. The van der Waals surface area contributed by atoms with Crippen molar-refractivity contribution < 1.29 is 24.6 Å². The third-order valence-corrected chi connectivity index (χ3v) is 3.13. The molecule has 0 radical (unpaired) electrons. The van der Waals surface area contributed by atoms with Crippen LogP contribution in [-0.4, -0.2) is 68.4 Å². The first kappa shape index (κ1) is 17.6. The van der Waals surface area contributed by atoms with E-state index in [1.165, 1.54) is 16.6 Å². The normalized spacial score (nSPS) is 14.7. The van der Waals surface area contributed by atoms with Crippen molar-refractivity contribution >= 4 is 17.8 Å². The second-order valence-corrected chi connectivity index (χ2v) is 5.21. The van der Waals surface area contributed by atoms with Gasteiger partial charge in [-0.05, 0) is 19.9 Å². The van der Waals surface area contributed by atoms with Gasteiger partial charge in [-0.3, -0.25) is 14.3 Å². The van der Waals surface area contributed by atoms with Crippen LogP contribution in [0.1, 0.15) is 19.9 Å². The lowest BCUT2D eigenvalue weighted by molar-refractivity contribution is -0.156. The van der Waals surface area contributed by atoms with Gasteiger partial charge in [0.25, 0.3) is 0 Å². The molecule has 0 saturated heterocycles. The number of carboxylic acids is 1. The van der Waals surface area contributed by atoms with E-state index in [4.69, 9.17) is 5.11 Å². The molecule has 0 aromatic carbocycles. The zero-order valence-corrected chi connectivity index (χ0v) is 12.7. The lowest BCUT2D eigenvalue weighted by Crippen LogP contribution is -2.49. The highest BCUT2D eigenvalue weighted by Crippen LogP contribution is 2.07. The number of aromatic nitrogens is 2. The van der Waals surface area contributed by atoms with Crippen molar-refractivity contribution in [3.05, 3.63) is 18.5 Å². The minimum Gasteiger partial charge on any atom is -0.479 e. The van der Waals surface area contributed by atoms with Crippen molar-refractivity contribution in [3.63, 3.8) is 0 Å². The molecule has 2 atom stereocenters. The van der Waals surface area contributed by atoms with E-state index in [1.807, 2.05) is 0 Å². The fourth-order valence-corrected chi connectivity index (χ4v) is 1.64. The molecule has 2 amide bonds. The number of aliphatic carboxylic acids is 1. The van der Waals surface area contributed by atoms with Gasteiger partial charge >= 0.3 is 5.97 Å². The summed E-state index contributed by atoms with van der Waals surface area (Å²) in [6, 6.07) is 1.12. The van der Waals surface area contributed by atoms with E-state index >= 15 is 0 Å². The van der Waals surface area contributed by atoms with Crippen LogP contribution in [0.5, 0.6) is 0 Å². The highest BCUT2D eigenvalue weighted by Gasteiger charge is 2.30. The molecular weight excluding hydrogens is 292 g/mol. The SMILES string of the molecule is CC(C(=O)N(C)CC(=O)NCC(C)(O)C(=O)O)n1cccn1. The number of likely N-dealkylation sites (N-methyl/N-ethyl adjacent to an activating group) is 1. The fourth-order valence-electron chi connectivity index (χ4n) is 1.64. The van der Waals surface area contributed by atoms with Crippen molar-refractivity contribution in [2.24, 2.45) is 0 Å². The van der Waals surface area contributed by atoms with Gasteiger partial charge < -0.3 is 20.4 Å². The maximum absolute atomic E-state index is 12.1. The molecule has 22 heavy (non-hydrogen) atoms. The van der Waals surface area contributed by atoms with Crippen molar-refractivity contribution in [3.8, 4) is 0 Å². The van der Waals surface area contributed by atoms with E-state index in [1.54, 1.807) is 25.4 Å². The maximum atomic E-state index is 12.1. The van der Waals surface area contributed by atoms with Crippen molar-refractivity contribution in [1.29, 1.82) is 0 Å². The number of hydrogen-bond acceptors (Lipinski definition) is 5. The minimum absolute atomic E-state index is 0.250. The van der Waals surface area contributed by atoms with E-state index < -0.39 is 30.1 Å². The predicted octanol–water partition coefficient (Wildman–Crippen LogP) is -1.15. The highest BCUT2D eigenvalue weighted by molar-refractivity contribution is 5.86.